The van der Waals surface area contributed by atoms with Crippen molar-refractivity contribution in [2.45, 2.75) is 33.3 Å². The normalized spacial score (nSPS) is 12.1. The van der Waals surface area contributed by atoms with Crippen molar-refractivity contribution >= 4 is 16.7 Å². The summed E-state index contributed by atoms with van der Waals surface area (Å²) in [5.41, 5.74) is 1.29. The first-order valence-corrected chi connectivity index (χ1v) is 9.19. The van der Waals surface area contributed by atoms with Crippen molar-refractivity contribution in [3.63, 3.8) is 0 Å². The van der Waals surface area contributed by atoms with E-state index in [1.54, 1.807) is 0 Å². The lowest BCUT2D eigenvalue weighted by molar-refractivity contribution is 0.0940. The van der Waals surface area contributed by atoms with Crippen LogP contribution in [0.4, 0.5) is 0 Å². The predicted molar refractivity (Wildman–Crippen MR) is 105 cm³/mol. The Balaban J connectivity index is 1.74. The molecule has 5 nitrogen and oxygen atoms in total. The van der Waals surface area contributed by atoms with E-state index in [4.69, 9.17) is 9.15 Å². The van der Waals surface area contributed by atoms with Gasteiger partial charge in [0.25, 0.3) is 5.91 Å². The number of hydrogen-bond acceptors (Lipinski definition) is 4. The molecule has 1 amide bonds. The summed E-state index contributed by atoms with van der Waals surface area (Å²) in [5.74, 6) is 1.83. The van der Waals surface area contributed by atoms with Gasteiger partial charge in [-0.05, 0) is 50.1 Å². The first-order chi connectivity index (χ1) is 13.0. The fraction of sp³-hybridized carbons (Fsp3) is 0.318. The maximum Gasteiger partial charge on any atom is 0.255 e. The quantitative estimate of drug-likeness (QED) is 0.653. The Morgan fingerprint density at radius 1 is 1.22 bits per heavy atom. The summed E-state index contributed by atoms with van der Waals surface area (Å²) in [6, 6.07) is 13.3. The third kappa shape index (κ3) is 4.14. The van der Waals surface area contributed by atoms with Gasteiger partial charge in [-0.15, -0.1) is 0 Å². The molecule has 0 saturated carbocycles. The number of carbonyl (C=O) groups excluding carboxylic acids is 1. The number of aliphatic hydroxyl groups is 1. The molecule has 2 N–H and O–H groups in total. The van der Waals surface area contributed by atoms with Crippen LogP contribution in [0.5, 0.6) is 5.75 Å². The van der Waals surface area contributed by atoms with E-state index in [9.17, 15) is 9.90 Å². The van der Waals surface area contributed by atoms with Crippen LogP contribution in [0.15, 0.2) is 46.9 Å². The van der Waals surface area contributed by atoms with Crippen molar-refractivity contribution < 1.29 is 19.1 Å². The van der Waals surface area contributed by atoms with E-state index in [0.29, 0.717) is 36.6 Å². The Kier molecular flexibility index (Phi) is 5.81. The molecular weight excluding hydrogens is 342 g/mol. The highest BCUT2D eigenvalue weighted by molar-refractivity contribution is 6.09. The number of carbonyl (C=O) groups is 1. The van der Waals surface area contributed by atoms with Gasteiger partial charge in [0.05, 0.1) is 18.3 Å². The number of nitrogens with one attached hydrogen (secondary N) is 1. The third-order valence-corrected chi connectivity index (χ3v) is 4.56. The fourth-order valence-corrected chi connectivity index (χ4v) is 3.31. The van der Waals surface area contributed by atoms with Crippen LogP contribution < -0.4 is 10.1 Å². The van der Waals surface area contributed by atoms with E-state index >= 15 is 0 Å². The molecule has 0 fully saturated rings. The molecule has 3 rings (SSSR count). The van der Waals surface area contributed by atoms with Crippen LogP contribution in [0.1, 0.15) is 46.9 Å². The average molecular weight is 367 g/mol. The van der Waals surface area contributed by atoms with Crippen molar-refractivity contribution in [1.82, 2.24) is 5.32 Å². The minimum atomic E-state index is -0.679. The highest BCUT2D eigenvalue weighted by Gasteiger charge is 2.18. The molecule has 2 aromatic carbocycles. The second kappa shape index (κ2) is 8.27. The van der Waals surface area contributed by atoms with Gasteiger partial charge in [-0.2, -0.15) is 0 Å². The number of rotatable bonds is 7. The standard InChI is InChI=1S/C22H25NO4/c1-4-26-20-10-9-16-7-5-6-8-17(16)21(20)22(25)23-12-11-19(24)18-13-14(2)27-15(18)3/h5-10,13,19,24H,4,11-12H2,1-3H3,(H,23,25). The number of furan rings is 1. The number of fused-ring (bicyclic) bond motifs is 1. The molecule has 1 atom stereocenters. The molecule has 0 aliphatic heterocycles. The SMILES string of the molecule is CCOc1ccc2ccccc2c1C(=O)NCCC(O)c1cc(C)oc1C. The van der Waals surface area contributed by atoms with E-state index in [2.05, 4.69) is 5.32 Å². The number of aryl methyl sites for hydroxylation is 2. The van der Waals surface area contributed by atoms with Crippen molar-refractivity contribution in [2.24, 2.45) is 0 Å². The fourth-order valence-electron chi connectivity index (χ4n) is 3.31. The van der Waals surface area contributed by atoms with Gasteiger partial charge in [0, 0.05) is 12.1 Å². The summed E-state index contributed by atoms with van der Waals surface area (Å²) in [6.07, 6.45) is -0.276. The molecule has 142 valence electrons. The van der Waals surface area contributed by atoms with E-state index in [1.807, 2.05) is 63.2 Å². The summed E-state index contributed by atoms with van der Waals surface area (Å²) in [6.45, 7) is 6.40. The molecule has 3 aromatic rings. The molecule has 0 bridgehead atoms. The molecule has 1 heterocycles. The van der Waals surface area contributed by atoms with Gasteiger partial charge in [0.15, 0.2) is 0 Å². The smallest absolute Gasteiger partial charge is 0.255 e. The Morgan fingerprint density at radius 3 is 2.70 bits per heavy atom. The van der Waals surface area contributed by atoms with Crippen LogP contribution in [0, 0.1) is 13.8 Å². The van der Waals surface area contributed by atoms with Crippen molar-refractivity contribution in [3.05, 3.63) is 65.1 Å². The average Bonchev–Trinajstić information content (AvgIpc) is 2.99. The second-order valence-electron chi connectivity index (χ2n) is 6.52. The minimum absolute atomic E-state index is 0.206. The second-order valence-corrected chi connectivity index (χ2v) is 6.52. The summed E-state index contributed by atoms with van der Waals surface area (Å²) in [5, 5.41) is 15.1. The lowest BCUT2D eigenvalue weighted by Gasteiger charge is -2.14. The molecule has 27 heavy (non-hydrogen) atoms. The van der Waals surface area contributed by atoms with Crippen LogP contribution in [-0.2, 0) is 0 Å². The lowest BCUT2D eigenvalue weighted by atomic mass is 10.0. The zero-order valence-electron chi connectivity index (χ0n) is 15.9. The van der Waals surface area contributed by atoms with Crippen molar-refractivity contribution in [1.29, 1.82) is 0 Å². The Bertz CT molecular complexity index is 945. The number of aliphatic hydroxyl groups excluding tert-OH is 1. The van der Waals surface area contributed by atoms with Gasteiger partial charge < -0.3 is 19.6 Å². The Labute approximate surface area is 159 Å². The van der Waals surface area contributed by atoms with Gasteiger partial charge in [-0.25, -0.2) is 0 Å². The van der Waals surface area contributed by atoms with E-state index in [0.717, 1.165) is 22.1 Å². The molecule has 1 aromatic heterocycles. The van der Waals surface area contributed by atoms with Gasteiger partial charge in [-0.1, -0.05) is 30.3 Å². The van der Waals surface area contributed by atoms with Gasteiger partial charge >= 0.3 is 0 Å². The highest BCUT2D eigenvalue weighted by Crippen LogP contribution is 2.28. The zero-order chi connectivity index (χ0) is 19.4. The number of benzene rings is 2. The zero-order valence-corrected chi connectivity index (χ0v) is 15.9. The van der Waals surface area contributed by atoms with E-state index in [1.165, 1.54) is 0 Å². The van der Waals surface area contributed by atoms with Gasteiger partial charge in [0.1, 0.15) is 17.3 Å². The molecule has 0 saturated heterocycles. The van der Waals surface area contributed by atoms with Crippen LogP contribution in [0.2, 0.25) is 0 Å². The molecule has 0 spiro atoms. The van der Waals surface area contributed by atoms with Crippen LogP contribution in [-0.4, -0.2) is 24.2 Å². The largest absolute Gasteiger partial charge is 0.493 e. The maximum atomic E-state index is 12.9. The van der Waals surface area contributed by atoms with Gasteiger partial charge in [0.2, 0.25) is 0 Å². The summed E-state index contributed by atoms with van der Waals surface area (Å²) in [4.78, 5) is 12.9. The van der Waals surface area contributed by atoms with Crippen molar-refractivity contribution in [3.8, 4) is 5.75 Å². The lowest BCUT2D eigenvalue weighted by Crippen LogP contribution is -2.26. The van der Waals surface area contributed by atoms with Gasteiger partial charge in [-0.3, -0.25) is 4.79 Å². The molecule has 0 radical (unpaired) electrons. The number of amides is 1. The maximum absolute atomic E-state index is 12.9. The van der Waals surface area contributed by atoms with Crippen molar-refractivity contribution in [2.75, 3.05) is 13.2 Å². The number of ether oxygens (including phenoxy) is 1. The summed E-state index contributed by atoms with van der Waals surface area (Å²) < 4.78 is 11.1. The van der Waals surface area contributed by atoms with E-state index < -0.39 is 6.10 Å². The Hall–Kier alpha value is -2.79. The van der Waals surface area contributed by atoms with E-state index in [-0.39, 0.29) is 5.91 Å². The molecule has 1 unspecified atom stereocenters. The first-order valence-electron chi connectivity index (χ1n) is 9.19. The molecule has 0 aliphatic rings. The number of hydrogen-bond donors (Lipinski definition) is 2. The van der Waals surface area contributed by atoms with Crippen LogP contribution >= 0.6 is 0 Å². The first kappa shape index (κ1) is 19.0. The molecule has 5 heteroatoms. The summed E-state index contributed by atoms with van der Waals surface area (Å²) in [7, 11) is 0. The molecular formula is C22H25NO4. The predicted octanol–water partition coefficient (Wildman–Crippen LogP) is 4.30. The highest BCUT2D eigenvalue weighted by atomic mass is 16.5. The minimum Gasteiger partial charge on any atom is -0.493 e. The molecule has 0 aliphatic carbocycles. The van der Waals surface area contributed by atoms with Crippen LogP contribution in [0.3, 0.4) is 0 Å². The van der Waals surface area contributed by atoms with Crippen LogP contribution in [0.25, 0.3) is 10.8 Å². The Morgan fingerprint density at radius 2 is 2.00 bits per heavy atom. The monoisotopic (exact) mass is 367 g/mol. The third-order valence-electron chi connectivity index (χ3n) is 4.56. The topological polar surface area (TPSA) is 71.7 Å². The summed E-state index contributed by atoms with van der Waals surface area (Å²) >= 11 is 0.